The second-order valence-electron chi connectivity index (χ2n) is 6.00. The fourth-order valence-electron chi connectivity index (χ4n) is 2.37. The zero-order valence-corrected chi connectivity index (χ0v) is 16.0. The van der Waals surface area contributed by atoms with Gasteiger partial charge in [0.2, 0.25) is 5.91 Å². The Morgan fingerprint density at radius 1 is 1.07 bits per heavy atom. The lowest BCUT2D eigenvalue weighted by Crippen LogP contribution is -2.30. The highest BCUT2D eigenvalue weighted by Crippen LogP contribution is 2.26. The van der Waals surface area contributed by atoms with Gasteiger partial charge >= 0.3 is 0 Å². The fraction of sp³-hybridized carbons (Fsp3) is 0.150. The summed E-state index contributed by atoms with van der Waals surface area (Å²) in [6.45, 7) is 3.05. The van der Waals surface area contributed by atoms with E-state index in [4.69, 9.17) is 4.74 Å². The van der Waals surface area contributed by atoms with Gasteiger partial charge in [0.25, 0.3) is 5.91 Å². The molecule has 0 fully saturated rings. The van der Waals surface area contributed by atoms with E-state index in [9.17, 15) is 14.0 Å². The number of carbonyl (C=O) groups excluding carboxylic acids is 2. The molecule has 2 aromatic carbocycles. The number of anilines is 2. The molecule has 0 spiro atoms. The van der Waals surface area contributed by atoms with Crippen LogP contribution in [0.3, 0.4) is 0 Å². The normalized spacial score (nSPS) is 11.5. The molecule has 0 saturated carbocycles. The van der Waals surface area contributed by atoms with E-state index in [1.54, 1.807) is 19.1 Å². The molecule has 144 valence electrons. The predicted octanol–water partition coefficient (Wildman–Crippen LogP) is 4.31. The maximum Gasteiger partial charge on any atom is 0.266 e. The highest BCUT2D eigenvalue weighted by molar-refractivity contribution is 7.14. The van der Waals surface area contributed by atoms with Gasteiger partial charge < -0.3 is 10.1 Å². The molecule has 8 heteroatoms. The SMILES string of the molecule is CC(=O)Nc1ccc(-c2csc(NC(=O)[C@H](C)Oc3ccc(F)cc3)n2)cc1. The maximum atomic E-state index is 12.9. The third kappa shape index (κ3) is 5.14. The number of rotatable bonds is 6. The van der Waals surface area contributed by atoms with Crippen LogP contribution in [0.1, 0.15) is 13.8 Å². The van der Waals surface area contributed by atoms with Crippen LogP contribution in [0.4, 0.5) is 15.2 Å². The number of hydrogen-bond donors (Lipinski definition) is 2. The molecule has 6 nitrogen and oxygen atoms in total. The van der Waals surface area contributed by atoms with Gasteiger partial charge in [0.05, 0.1) is 5.69 Å². The van der Waals surface area contributed by atoms with Gasteiger partial charge in [0, 0.05) is 23.6 Å². The van der Waals surface area contributed by atoms with Crippen molar-refractivity contribution >= 4 is 34.0 Å². The number of halogens is 1. The molecule has 0 aliphatic heterocycles. The van der Waals surface area contributed by atoms with Crippen LogP contribution in [0, 0.1) is 5.82 Å². The standard InChI is InChI=1S/C20H18FN3O3S/c1-12(27-17-9-5-15(21)6-10-17)19(26)24-20-23-18(11-28-20)14-3-7-16(8-4-14)22-13(2)25/h3-12H,1-2H3,(H,22,25)(H,23,24,26)/t12-/m0/s1. The quantitative estimate of drug-likeness (QED) is 0.647. The molecule has 0 unspecified atom stereocenters. The van der Waals surface area contributed by atoms with Crippen LogP contribution >= 0.6 is 11.3 Å². The summed E-state index contributed by atoms with van der Waals surface area (Å²) in [5.74, 6) is -0.456. The minimum atomic E-state index is -0.769. The van der Waals surface area contributed by atoms with Gasteiger partial charge in [-0.15, -0.1) is 11.3 Å². The number of amides is 2. The van der Waals surface area contributed by atoms with Crippen molar-refractivity contribution in [3.05, 3.63) is 59.7 Å². The number of aromatic nitrogens is 1. The Kier molecular flexibility index (Phi) is 6.00. The number of benzene rings is 2. The highest BCUT2D eigenvalue weighted by atomic mass is 32.1. The molecule has 1 heterocycles. The first-order valence-corrected chi connectivity index (χ1v) is 9.35. The molecule has 0 saturated heterocycles. The van der Waals surface area contributed by atoms with Crippen LogP contribution in [0.15, 0.2) is 53.9 Å². The molecule has 3 aromatic rings. The Morgan fingerprint density at radius 2 is 1.75 bits per heavy atom. The lowest BCUT2D eigenvalue weighted by atomic mass is 10.1. The third-order valence-corrected chi connectivity index (χ3v) is 4.49. The molecule has 0 aliphatic rings. The number of nitrogens with zero attached hydrogens (tertiary/aromatic N) is 1. The first-order valence-electron chi connectivity index (χ1n) is 8.47. The van der Waals surface area contributed by atoms with Crippen LogP contribution in [-0.2, 0) is 9.59 Å². The summed E-state index contributed by atoms with van der Waals surface area (Å²) in [4.78, 5) is 27.8. The van der Waals surface area contributed by atoms with Gasteiger partial charge in [0.15, 0.2) is 11.2 Å². The molecule has 0 bridgehead atoms. The fourth-order valence-corrected chi connectivity index (χ4v) is 3.09. The molecule has 0 aliphatic carbocycles. The van der Waals surface area contributed by atoms with Crippen molar-refractivity contribution in [2.75, 3.05) is 10.6 Å². The van der Waals surface area contributed by atoms with Crippen molar-refractivity contribution in [2.24, 2.45) is 0 Å². The maximum absolute atomic E-state index is 12.9. The van der Waals surface area contributed by atoms with E-state index in [-0.39, 0.29) is 17.6 Å². The summed E-state index contributed by atoms with van der Waals surface area (Å²) in [7, 11) is 0. The predicted molar refractivity (Wildman–Crippen MR) is 107 cm³/mol. The van der Waals surface area contributed by atoms with E-state index < -0.39 is 6.10 Å². The van der Waals surface area contributed by atoms with Gasteiger partial charge in [-0.05, 0) is 43.3 Å². The molecule has 0 radical (unpaired) electrons. The first kappa shape index (κ1) is 19.5. The van der Waals surface area contributed by atoms with E-state index in [2.05, 4.69) is 15.6 Å². The van der Waals surface area contributed by atoms with Gasteiger partial charge in [-0.25, -0.2) is 9.37 Å². The second kappa shape index (κ2) is 8.62. The van der Waals surface area contributed by atoms with Gasteiger partial charge in [-0.3, -0.25) is 14.9 Å². The minimum absolute atomic E-state index is 0.136. The molecule has 1 atom stereocenters. The van der Waals surface area contributed by atoms with Crippen molar-refractivity contribution < 1.29 is 18.7 Å². The number of carbonyl (C=O) groups is 2. The summed E-state index contributed by atoms with van der Waals surface area (Å²) in [5, 5.41) is 7.69. The van der Waals surface area contributed by atoms with Crippen LogP contribution in [-0.4, -0.2) is 22.9 Å². The molecular formula is C20H18FN3O3S. The average molecular weight is 399 g/mol. The van der Waals surface area contributed by atoms with Crippen LogP contribution in [0.25, 0.3) is 11.3 Å². The van der Waals surface area contributed by atoms with Gasteiger partial charge in [-0.1, -0.05) is 12.1 Å². The second-order valence-corrected chi connectivity index (χ2v) is 6.86. The van der Waals surface area contributed by atoms with Crippen molar-refractivity contribution in [3.8, 4) is 17.0 Å². The molecule has 1 aromatic heterocycles. The Hall–Kier alpha value is -3.26. The third-order valence-electron chi connectivity index (χ3n) is 3.73. The Labute approximate surface area is 165 Å². The topological polar surface area (TPSA) is 80.3 Å². The summed E-state index contributed by atoms with van der Waals surface area (Å²) >= 11 is 1.30. The molecular weight excluding hydrogens is 381 g/mol. The monoisotopic (exact) mass is 399 g/mol. The lowest BCUT2D eigenvalue weighted by molar-refractivity contribution is -0.122. The van der Waals surface area contributed by atoms with E-state index in [1.165, 1.54) is 42.5 Å². The van der Waals surface area contributed by atoms with Crippen molar-refractivity contribution in [2.45, 2.75) is 20.0 Å². The van der Waals surface area contributed by atoms with Crippen molar-refractivity contribution in [1.29, 1.82) is 0 Å². The highest BCUT2D eigenvalue weighted by Gasteiger charge is 2.17. The van der Waals surface area contributed by atoms with Crippen LogP contribution in [0.2, 0.25) is 0 Å². The smallest absolute Gasteiger partial charge is 0.266 e. The molecule has 2 amide bonds. The van der Waals surface area contributed by atoms with Gasteiger partial charge in [0.1, 0.15) is 11.6 Å². The summed E-state index contributed by atoms with van der Waals surface area (Å²) in [5.41, 5.74) is 2.27. The zero-order chi connectivity index (χ0) is 20.1. The lowest BCUT2D eigenvalue weighted by Gasteiger charge is -2.13. The summed E-state index contributed by atoms with van der Waals surface area (Å²) in [6.07, 6.45) is -0.769. The minimum Gasteiger partial charge on any atom is -0.481 e. The molecule has 2 N–H and O–H groups in total. The number of ether oxygens (including phenoxy) is 1. The molecule has 28 heavy (non-hydrogen) atoms. The Morgan fingerprint density at radius 3 is 2.39 bits per heavy atom. The van der Waals surface area contributed by atoms with Crippen LogP contribution < -0.4 is 15.4 Å². The van der Waals surface area contributed by atoms with Gasteiger partial charge in [-0.2, -0.15) is 0 Å². The largest absolute Gasteiger partial charge is 0.481 e. The van der Waals surface area contributed by atoms with Crippen molar-refractivity contribution in [1.82, 2.24) is 4.98 Å². The Balaban J connectivity index is 1.61. The Bertz CT molecular complexity index is 971. The van der Waals surface area contributed by atoms with E-state index in [0.29, 0.717) is 22.3 Å². The average Bonchev–Trinajstić information content (AvgIpc) is 3.12. The van der Waals surface area contributed by atoms with E-state index in [1.807, 2.05) is 17.5 Å². The molecule has 3 rings (SSSR count). The van der Waals surface area contributed by atoms with Crippen LogP contribution in [0.5, 0.6) is 5.75 Å². The first-order chi connectivity index (χ1) is 13.4. The number of nitrogens with one attached hydrogen (secondary N) is 2. The zero-order valence-electron chi connectivity index (χ0n) is 15.2. The van der Waals surface area contributed by atoms with E-state index >= 15 is 0 Å². The number of hydrogen-bond acceptors (Lipinski definition) is 5. The summed E-state index contributed by atoms with van der Waals surface area (Å²) in [6, 6.07) is 12.7. The summed E-state index contributed by atoms with van der Waals surface area (Å²) < 4.78 is 18.4. The van der Waals surface area contributed by atoms with Crippen molar-refractivity contribution in [3.63, 3.8) is 0 Å². The van der Waals surface area contributed by atoms with E-state index in [0.717, 1.165) is 5.56 Å². The number of thiazole rings is 1.